The summed E-state index contributed by atoms with van der Waals surface area (Å²) in [6, 6.07) is 16.1. The number of nitrogens with zero attached hydrogens (tertiary/aromatic N) is 1. The summed E-state index contributed by atoms with van der Waals surface area (Å²) in [4.78, 5) is 43.0. The van der Waals surface area contributed by atoms with Gasteiger partial charge < -0.3 is 14.8 Å². The van der Waals surface area contributed by atoms with Gasteiger partial charge in [0.05, 0.1) is 36.6 Å². The van der Waals surface area contributed by atoms with Crippen molar-refractivity contribution < 1.29 is 23.9 Å². The van der Waals surface area contributed by atoms with Crippen molar-refractivity contribution in [2.45, 2.75) is 6.92 Å². The lowest BCUT2D eigenvalue weighted by Gasteiger charge is -2.11. The Morgan fingerprint density at radius 1 is 0.971 bits per heavy atom. The van der Waals surface area contributed by atoms with Gasteiger partial charge in [-0.05, 0) is 36.8 Å². The molecule has 0 unspecified atom stereocenters. The second-order valence-corrected chi connectivity index (χ2v) is 8.73. The van der Waals surface area contributed by atoms with E-state index in [-0.39, 0.29) is 15.4 Å². The van der Waals surface area contributed by atoms with Crippen molar-refractivity contribution in [1.29, 1.82) is 0 Å². The van der Waals surface area contributed by atoms with Crippen molar-refractivity contribution >= 4 is 56.7 Å². The average Bonchev–Trinajstić information content (AvgIpc) is 3.18. The summed E-state index contributed by atoms with van der Waals surface area (Å²) in [5.74, 6) is -1.73. The molecule has 0 radical (unpaired) electrons. The van der Waals surface area contributed by atoms with Gasteiger partial charge in [0.2, 0.25) is 0 Å². The van der Waals surface area contributed by atoms with E-state index in [4.69, 9.17) is 21.1 Å². The maximum Gasteiger partial charge on any atom is 0.348 e. The summed E-state index contributed by atoms with van der Waals surface area (Å²) in [6.07, 6.45) is 0. The van der Waals surface area contributed by atoms with Crippen LogP contribution in [0, 0.1) is 6.92 Å². The molecule has 0 aliphatic heterocycles. The van der Waals surface area contributed by atoms with Crippen LogP contribution >= 0.6 is 22.9 Å². The van der Waals surface area contributed by atoms with Crippen molar-refractivity contribution in [3.8, 4) is 11.3 Å². The number of ether oxygens (including phenoxy) is 2. The Balaban J connectivity index is 1.82. The number of esters is 2. The molecule has 9 heteroatoms. The number of amides is 1. The van der Waals surface area contributed by atoms with Crippen LogP contribution in [0.2, 0.25) is 5.02 Å². The fourth-order valence-electron chi connectivity index (χ4n) is 3.54. The van der Waals surface area contributed by atoms with E-state index >= 15 is 0 Å². The van der Waals surface area contributed by atoms with E-state index in [2.05, 4.69) is 10.3 Å². The number of thiophene rings is 1. The number of methoxy groups -OCH3 is 2. The number of carbonyl (C=O) groups excluding carboxylic acids is 3. The Kier molecular flexibility index (Phi) is 6.63. The van der Waals surface area contributed by atoms with Gasteiger partial charge in [-0.25, -0.2) is 14.6 Å². The van der Waals surface area contributed by atoms with Gasteiger partial charge in [0, 0.05) is 16.0 Å². The van der Waals surface area contributed by atoms with E-state index in [0.29, 0.717) is 32.7 Å². The highest BCUT2D eigenvalue weighted by Gasteiger charge is 2.27. The predicted octanol–water partition coefficient (Wildman–Crippen LogP) is 5.75. The molecule has 172 valence electrons. The minimum absolute atomic E-state index is 0.109. The molecule has 0 saturated heterocycles. The highest BCUT2D eigenvalue weighted by molar-refractivity contribution is 7.18. The van der Waals surface area contributed by atoms with Crippen LogP contribution in [0.25, 0.3) is 22.2 Å². The molecular weight excluding hydrogens is 476 g/mol. The Morgan fingerprint density at radius 2 is 1.65 bits per heavy atom. The van der Waals surface area contributed by atoms with Crippen LogP contribution in [-0.4, -0.2) is 37.0 Å². The molecule has 4 rings (SSSR count). The molecule has 0 atom stereocenters. The van der Waals surface area contributed by atoms with E-state index in [0.717, 1.165) is 16.9 Å². The predicted molar refractivity (Wildman–Crippen MR) is 132 cm³/mol. The smallest absolute Gasteiger partial charge is 0.348 e. The molecule has 4 aromatic rings. The summed E-state index contributed by atoms with van der Waals surface area (Å²) in [5, 5.41) is 4.21. The first-order chi connectivity index (χ1) is 16.3. The van der Waals surface area contributed by atoms with E-state index in [1.165, 1.54) is 14.2 Å². The van der Waals surface area contributed by atoms with Gasteiger partial charge >= 0.3 is 11.9 Å². The van der Waals surface area contributed by atoms with Crippen molar-refractivity contribution in [2.24, 2.45) is 0 Å². The lowest BCUT2D eigenvalue weighted by molar-refractivity contribution is 0.0601. The second-order valence-electron chi connectivity index (χ2n) is 7.28. The summed E-state index contributed by atoms with van der Waals surface area (Å²) in [7, 11) is 2.48. The number of benzene rings is 2. The molecule has 0 bridgehead atoms. The number of pyridine rings is 1. The normalized spacial score (nSPS) is 10.7. The molecule has 34 heavy (non-hydrogen) atoms. The molecule has 1 N–H and O–H groups in total. The van der Waals surface area contributed by atoms with Gasteiger partial charge in [0.1, 0.15) is 9.88 Å². The summed E-state index contributed by atoms with van der Waals surface area (Å²) < 4.78 is 9.68. The first kappa shape index (κ1) is 23.4. The quantitative estimate of drug-likeness (QED) is 0.355. The van der Waals surface area contributed by atoms with Gasteiger partial charge in [0.25, 0.3) is 5.91 Å². The minimum atomic E-state index is -0.666. The molecule has 0 aliphatic carbocycles. The second kappa shape index (κ2) is 9.62. The Morgan fingerprint density at radius 3 is 2.32 bits per heavy atom. The van der Waals surface area contributed by atoms with Gasteiger partial charge in [-0.1, -0.05) is 41.9 Å². The SMILES string of the molecule is COC(=O)c1sc(NC(=O)c2cc(-c3ccc(Cl)cc3)nc3ccccc23)c(C(=O)OC)c1C. The molecule has 2 aromatic heterocycles. The number of nitrogens with one attached hydrogen (secondary N) is 1. The third-order valence-electron chi connectivity index (χ3n) is 5.23. The third kappa shape index (κ3) is 4.37. The monoisotopic (exact) mass is 494 g/mol. The molecule has 2 heterocycles. The number of carbonyl (C=O) groups is 3. The highest BCUT2D eigenvalue weighted by atomic mass is 35.5. The van der Waals surface area contributed by atoms with E-state index < -0.39 is 17.8 Å². The largest absolute Gasteiger partial charge is 0.465 e. The summed E-state index contributed by atoms with van der Waals surface area (Å²) in [6.45, 7) is 1.60. The molecule has 0 saturated carbocycles. The van der Waals surface area contributed by atoms with Crippen LogP contribution in [0.5, 0.6) is 0 Å². The first-order valence-corrected chi connectivity index (χ1v) is 11.3. The fraction of sp³-hybridized carbons (Fsp3) is 0.120. The molecule has 1 amide bonds. The number of anilines is 1. The van der Waals surface area contributed by atoms with Crippen molar-refractivity contribution in [3.63, 3.8) is 0 Å². The molecule has 2 aromatic carbocycles. The number of aromatic nitrogens is 1. The van der Waals surface area contributed by atoms with Crippen LogP contribution < -0.4 is 5.32 Å². The number of fused-ring (bicyclic) bond motifs is 1. The van der Waals surface area contributed by atoms with Crippen LogP contribution in [0.15, 0.2) is 54.6 Å². The minimum Gasteiger partial charge on any atom is -0.465 e. The van der Waals surface area contributed by atoms with Crippen molar-refractivity contribution in [2.75, 3.05) is 19.5 Å². The van der Waals surface area contributed by atoms with E-state index in [1.807, 2.05) is 30.3 Å². The standard InChI is InChI=1S/C25H19ClN2O5S/c1-13-20(24(30)32-2)23(34-21(13)25(31)33-3)28-22(29)17-12-19(14-8-10-15(26)11-9-14)27-18-7-5-4-6-16(17)18/h4-12H,1-3H3,(H,28,29). The molecular formula is C25H19ClN2O5S. The van der Waals surface area contributed by atoms with Gasteiger partial charge in [-0.15, -0.1) is 11.3 Å². The van der Waals surface area contributed by atoms with Crippen molar-refractivity contribution in [1.82, 2.24) is 4.98 Å². The number of hydrogen-bond acceptors (Lipinski definition) is 7. The van der Waals surface area contributed by atoms with Gasteiger partial charge in [0.15, 0.2) is 0 Å². The number of rotatable bonds is 5. The number of hydrogen-bond donors (Lipinski definition) is 1. The first-order valence-electron chi connectivity index (χ1n) is 10.1. The zero-order valence-electron chi connectivity index (χ0n) is 18.5. The Labute approximate surface area is 204 Å². The molecule has 0 spiro atoms. The third-order valence-corrected chi connectivity index (χ3v) is 6.67. The van der Waals surface area contributed by atoms with E-state index in [9.17, 15) is 14.4 Å². The molecule has 0 aliphatic rings. The molecule has 7 nitrogen and oxygen atoms in total. The van der Waals surface area contributed by atoms with Crippen LogP contribution in [0.3, 0.4) is 0 Å². The lowest BCUT2D eigenvalue weighted by Crippen LogP contribution is -2.15. The zero-order valence-corrected chi connectivity index (χ0v) is 20.0. The Hall–Kier alpha value is -3.75. The molecule has 0 fully saturated rings. The topological polar surface area (TPSA) is 94.6 Å². The maximum absolute atomic E-state index is 13.5. The lowest BCUT2D eigenvalue weighted by atomic mass is 10.0. The highest BCUT2D eigenvalue weighted by Crippen LogP contribution is 2.35. The summed E-state index contributed by atoms with van der Waals surface area (Å²) in [5.41, 5.74) is 2.85. The Bertz CT molecular complexity index is 1430. The summed E-state index contributed by atoms with van der Waals surface area (Å²) >= 11 is 6.97. The van der Waals surface area contributed by atoms with E-state index in [1.54, 1.807) is 31.2 Å². The number of para-hydroxylation sites is 1. The maximum atomic E-state index is 13.5. The van der Waals surface area contributed by atoms with Crippen LogP contribution in [0.4, 0.5) is 5.00 Å². The van der Waals surface area contributed by atoms with Crippen LogP contribution in [-0.2, 0) is 9.47 Å². The average molecular weight is 495 g/mol. The zero-order chi connectivity index (χ0) is 24.4. The van der Waals surface area contributed by atoms with Gasteiger partial charge in [-0.2, -0.15) is 0 Å². The fourth-order valence-corrected chi connectivity index (χ4v) is 4.77. The van der Waals surface area contributed by atoms with Crippen LogP contribution in [0.1, 0.15) is 36.0 Å². The van der Waals surface area contributed by atoms with Gasteiger partial charge in [-0.3, -0.25) is 4.79 Å². The van der Waals surface area contributed by atoms with Crippen molar-refractivity contribution in [3.05, 3.63) is 81.2 Å². The number of halogens is 1.